The van der Waals surface area contributed by atoms with E-state index >= 15 is 0 Å². The van der Waals surface area contributed by atoms with Gasteiger partial charge in [0.05, 0.1) is 18.2 Å². The summed E-state index contributed by atoms with van der Waals surface area (Å²) in [7, 11) is 0. The lowest BCUT2D eigenvalue weighted by Crippen LogP contribution is -2.41. The predicted octanol–water partition coefficient (Wildman–Crippen LogP) is 4.70. The number of aliphatic hydroxyl groups is 1. The molecular weight excluding hydrogens is 558 g/mol. The van der Waals surface area contributed by atoms with Gasteiger partial charge in [0, 0.05) is 28.1 Å². The van der Waals surface area contributed by atoms with E-state index < -0.39 is 23.8 Å². The lowest BCUT2D eigenvalue weighted by Gasteiger charge is -2.20. The third-order valence-corrected chi connectivity index (χ3v) is 7.03. The monoisotopic (exact) mass is 593 g/mol. The van der Waals surface area contributed by atoms with Crippen LogP contribution in [-0.4, -0.2) is 46.4 Å². The molecule has 1 unspecified atom stereocenters. The second-order valence-corrected chi connectivity index (χ2v) is 10.6. The number of nitrogen functional groups attached to an aromatic ring is 1. The number of nitrogens with zero attached hydrogens (tertiary/aromatic N) is 1. The summed E-state index contributed by atoms with van der Waals surface area (Å²) in [6, 6.07) is 23.2. The van der Waals surface area contributed by atoms with Gasteiger partial charge in [-0.3, -0.25) is 15.0 Å². The molecule has 3 aromatic carbocycles. The van der Waals surface area contributed by atoms with E-state index in [0.717, 1.165) is 5.56 Å². The number of aryl methyl sites for hydroxylation is 1. The molecule has 10 nitrogen and oxygen atoms in total. The van der Waals surface area contributed by atoms with E-state index in [4.69, 9.17) is 15.9 Å². The van der Waals surface area contributed by atoms with Crippen molar-refractivity contribution in [2.24, 2.45) is 11.7 Å². The maximum atomic E-state index is 13.6. The highest BCUT2D eigenvalue weighted by molar-refractivity contribution is 6.10. The molecule has 1 atom stereocenters. The maximum Gasteiger partial charge on any atom is 0.339 e. The van der Waals surface area contributed by atoms with Crippen molar-refractivity contribution in [3.63, 3.8) is 0 Å². The molecule has 10 heteroatoms. The fourth-order valence-electron chi connectivity index (χ4n) is 4.44. The molecule has 0 saturated carbocycles. The Balaban J connectivity index is 1.73. The molecule has 4 aromatic rings. The zero-order chi connectivity index (χ0) is 31.8. The summed E-state index contributed by atoms with van der Waals surface area (Å²) < 4.78 is 5.64. The first kappa shape index (κ1) is 31.6. The van der Waals surface area contributed by atoms with Gasteiger partial charge in [-0.1, -0.05) is 56.3 Å². The zero-order valence-corrected chi connectivity index (χ0v) is 24.8. The molecule has 6 N–H and O–H groups in total. The van der Waals surface area contributed by atoms with E-state index in [1.165, 1.54) is 6.07 Å². The van der Waals surface area contributed by atoms with Gasteiger partial charge in [-0.2, -0.15) is 0 Å². The number of nitrogens with one attached hydrogen (secondary N) is 3. The van der Waals surface area contributed by atoms with E-state index in [0.29, 0.717) is 28.1 Å². The van der Waals surface area contributed by atoms with Gasteiger partial charge in [-0.25, -0.2) is 9.78 Å². The largest absolute Gasteiger partial charge is 0.457 e. The second kappa shape index (κ2) is 14.2. The molecule has 0 bridgehead atoms. The molecule has 0 fully saturated rings. The van der Waals surface area contributed by atoms with E-state index in [1.807, 2.05) is 44.2 Å². The summed E-state index contributed by atoms with van der Waals surface area (Å²) in [6.07, 6.45) is 0. The van der Waals surface area contributed by atoms with Crippen LogP contribution in [0.15, 0.2) is 84.9 Å². The number of carbonyl (C=O) groups excluding carboxylic acids is 3. The molecule has 4 rings (SSSR count). The Morgan fingerprint density at radius 2 is 1.57 bits per heavy atom. The molecule has 1 aromatic heterocycles. The average Bonchev–Trinajstić information content (AvgIpc) is 3.02. The number of amides is 2. The van der Waals surface area contributed by atoms with Crippen molar-refractivity contribution in [3.05, 3.63) is 119 Å². The van der Waals surface area contributed by atoms with Crippen molar-refractivity contribution in [2.75, 3.05) is 11.9 Å². The number of aromatic nitrogens is 1. The van der Waals surface area contributed by atoms with Crippen molar-refractivity contribution < 1.29 is 24.2 Å². The van der Waals surface area contributed by atoms with Crippen LogP contribution in [-0.2, 0) is 11.3 Å². The van der Waals surface area contributed by atoms with E-state index in [1.54, 1.807) is 55.5 Å². The number of rotatable bonds is 11. The third kappa shape index (κ3) is 7.73. The Hall–Kier alpha value is -5.35. The lowest BCUT2D eigenvalue weighted by molar-refractivity contribution is 0.0473. The number of benzene rings is 3. The summed E-state index contributed by atoms with van der Waals surface area (Å²) in [5.74, 6) is -1.78. The summed E-state index contributed by atoms with van der Waals surface area (Å²) in [4.78, 5) is 44.7. The quantitative estimate of drug-likeness (QED) is 0.0954. The van der Waals surface area contributed by atoms with Crippen LogP contribution in [0.2, 0.25) is 0 Å². The first-order valence-corrected chi connectivity index (χ1v) is 14.1. The molecule has 2 amide bonds. The topological polar surface area (TPSA) is 167 Å². The molecule has 0 aliphatic rings. The fraction of sp³-hybridized carbons (Fsp3) is 0.206. The number of ether oxygens (including phenoxy) is 1. The van der Waals surface area contributed by atoms with Crippen LogP contribution in [0, 0.1) is 18.3 Å². The fourth-order valence-corrected chi connectivity index (χ4v) is 4.44. The van der Waals surface area contributed by atoms with Crippen LogP contribution in [0.25, 0.3) is 11.1 Å². The van der Waals surface area contributed by atoms with Gasteiger partial charge in [0.25, 0.3) is 11.8 Å². The third-order valence-electron chi connectivity index (χ3n) is 7.03. The number of pyridine rings is 1. The van der Waals surface area contributed by atoms with Crippen molar-refractivity contribution in [2.45, 2.75) is 33.4 Å². The van der Waals surface area contributed by atoms with Gasteiger partial charge in [0.2, 0.25) is 0 Å². The van der Waals surface area contributed by atoms with Crippen molar-refractivity contribution in [3.8, 4) is 11.1 Å². The summed E-state index contributed by atoms with van der Waals surface area (Å²) in [5, 5.41) is 22.9. The van der Waals surface area contributed by atoms with Crippen LogP contribution in [0.1, 0.15) is 61.9 Å². The van der Waals surface area contributed by atoms with Crippen molar-refractivity contribution in [1.29, 1.82) is 5.41 Å². The first-order chi connectivity index (χ1) is 21.1. The maximum absolute atomic E-state index is 13.6. The standard InChI is InChI=1S/C34H35N5O5/c1-20(2)29(18-40)39-32(41)24-12-16-26(28(17-24)34(43)44-19-22-7-5-4-6-8-22)27-15-9-21(3)37-30(27)33(42)38-25-13-10-23(11-14-25)31(35)36/h4-17,20,29,40H,18-19H2,1-3H3,(H3,35,36)(H,38,42)(H,39,41). The first-order valence-electron chi connectivity index (χ1n) is 14.1. The molecule has 0 radical (unpaired) electrons. The molecule has 0 aliphatic carbocycles. The molecule has 0 spiro atoms. The smallest absolute Gasteiger partial charge is 0.339 e. The number of hydrogen-bond donors (Lipinski definition) is 5. The Kier molecular flexibility index (Phi) is 10.2. The number of anilines is 1. The van der Waals surface area contributed by atoms with E-state index in [9.17, 15) is 19.5 Å². The second-order valence-electron chi connectivity index (χ2n) is 10.6. The van der Waals surface area contributed by atoms with Crippen LogP contribution in [0.4, 0.5) is 5.69 Å². The van der Waals surface area contributed by atoms with E-state index in [2.05, 4.69) is 15.6 Å². The molecular formula is C34H35N5O5. The van der Waals surface area contributed by atoms with Gasteiger partial charge < -0.3 is 26.2 Å². The predicted molar refractivity (Wildman–Crippen MR) is 169 cm³/mol. The number of esters is 1. The number of carbonyl (C=O) groups is 3. The summed E-state index contributed by atoms with van der Waals surface area (Å²) >= 11 is 0. The lowest BCUT2D eigenvalue weighted by atomic mass is 9.95. The summed E-state index contributed by atoms with van der Waals surface area (Å²) in [5.41, 5.74) is 8.93. The van der Waals surface area contributed by atoms with Crippen LogP contribution >= 0.6 is 0 Å². The van der Waals surface area contributed by atoms with Crippen molar-refractivity contribution >= 4 is 29.3 Å². The number of aliphatic hydroxyl groups excluding tert-OH is 1. The van der Waals surface area contributed by atoms with Gasteiger partial charge in [-0.15, -0.1) is 0 Å². The molecule has 226 valence electrons. The highest BCUT2D eigenvalue weighted by atomic mass is 16.5. The molecule has 0 aliphatic heterocycles. The highest BCUT2D eigenvalue weighted by Gasteiger charge is 2.24. The zero-order valence-electron chi connectivity index (χ0n) is 24.8. The van der Waals surface area contributed by atoms with E-state index in [-0.39, 0.29) is 41.8 Å². The van der Waals surface area contributed by atoms with Gasteiger partial charge in [0.1, 0.15) is 18.1 Å². The minimum atomic E-state index is -0.687. The Labute approximate surface area is 255 Å². The molecule has 1 heterocycles. The number of amidine groups is 1. The molecule has 44 heavy (non-hydrogen) atoms. The number of nitrogens with two attached hydrogens (primary N) is 1. The minimum Gasteiger partial charge on any atom is -0.457 e. The Morgan fingerprint density at radius 3 is 2.20 bits per heavy atom. The van der Waals surface area contributed by atoms with Gasteiger partial charge in [0.15, 0.2) is 0 Å². The van der Waals surface area contributed by atoms with Crippen LogP contribution < -0.4 is 16.4 Å². The van der Waals surface area contributed by atoms with Crippen molar-refractivity contribution in [1.82, 2.24) is 10.3 Å². The average molecular weight is 594 g/mol. The number of hydrogen-bond acceptors (Lipinski definition) is 7. The SMILES string of the molecule is Cc1ccc(-c2ccc(C(=O)NC(CO)C(C)C)cc2C(=O)OCc2ccccc2)c(C(=O)Nc2ccc(C(=N)N)cc2)n1. The van der Waals surface area contributed by atoms with Crippen LogP contribution in [0.3, 0.4) is 0 Å². The Morgan fingerprint density at radius 1 is 0.909 bits per heavy atom. The highest BCUT2D eigenvalue weighted by Crippen LogP contribution is 2.30. The van der Waals surface area contributed by atoms with Gasteiger partial charge in [-0.05, 0) is 66.4 Å². The Bertz CT molecular complexity index is 1670. The normalized spacial score (nSPS) is 11.5. The summed E-state index contributed by atoms with van der Waals surface area (Å²) in [6.45, 7) is 5.28. The molecule has 0 saturated heterocycles. The minimum absolute atomic E-state index is 0.00518. The van der Waals surface area contributed by atoms with Gasteiger partial charge >= 0.3 is 5.97 Å². The van der Waals surface area contributed by atoms with Crippen LogP contribution in [0.5, 0.6) is 0 Å².